The Kier molecular flexibility index (Phi) is 6.01. The van der Waals surface area contributed by atoms with Crippen LogP contribution >= 0.6 is 11.6 Å². The molecule has 7 nitrogen and oxygen atoms in total. The average molecular weight is 383 g/mol. The van der Waals surface area contributed by atoms with Gasteiger partial charge in [-0.15, -0.1) is 0 Å². The lowest BCUT2D eigenvalue weighted by Crippen LogP contribution is -2.47. The number of hydrogen-bond donors (Lipinski definition) is 1. The van der Waals surface area contributed by atoms with Gasteiger partial charge in [0, 0.05) is 31.1 Å². The number of rotatable bonds is 5. The minimum Gasteiger partial charge on any atom is -0.492 e. The van der Waals surface area contributed by atoms with Gasteiger partial charge in [0.2, 0.25) is 0 Å². The summed E-state index contributed by atoms with van der Waals surface area (Å²) >= 11 is 6.22. The average Bonchev–Trinajstić information content (AvgIpc) is 2.86. The van der Waals surface area contributed by atoms with E-state index in [4.69, 9.17) is 26.2 Å². The third-order valence-corrected chi connectivity index (χ3v) is 4.94. The van der Waals surface area contributed by atoms with Crippen molar-refractivity contribution in [2.75, 3.05) is 46.0 Å². The summed E-state index contributed by atoms with van der Waals surface area (Å²) in [6.45, 7) is 4.92. The van der Waals surface area contributed by atoms with Crippen LogP contribution in [0, 0.1) is 5.92 Å². The van der Waals surface area contributed by atoms with E-state index in [0.717, 1.165) is 0 Å². The van der Waals surface area contributed by atoms with Crippen LogP contribution in [0.5, 0.6) is 5.75 Å². The lowest BCUT2D eigenvalue weighted by molar-refractivity contribution is -0.138. The van der Waals surface area contributed by atoms with Crippen LogP contribution in [0.2, 0.25) is 5.02 Å². The first kappa shape index (κ1) is 18.9. The van der Waals surface area contributed by atoms with Crippen molar-refractivity contribution in [3.8, 4) is 5.75 Å². The van der Waals surface area contributed by atoms with Gasteiger partial charge >= 0.3 is 5.97 Å². The Morgan fingerprint density at radius 1 is 1.31 bits per heavy atom. The number of amides is 1. The first-order valence-corrected chi connectivity index (χ1v) is 9.11. The zero-order chi connectivity index (χ0) is 18.7. The highest BCUT2D eigenvalue weighted by atomic mass is 35.5. The fraction of sp³-hybridized carbons (Fsp3) is 0.556. The summed E-state index contributed by atoms with van der Waals surface area (Å²) in [5, 5.41) is 9.50. The number of aliphatic carboxylic acids is 1. The van der Waals surface area contributed by atoms with Crippen molar-refractivity contribution < 1.29 is 24.2 Å². The second-order valence-electron chi connectivity index (χ2n) is 6.68. The molecule has 1 aromatic carbocycles. The molecular weight excluding hydrogens is 360 g/mol. The number of carboxylic acids is 1. The van der Waals surface area contributed by atoms with Gasteiger partial charge in [-0.1, -0.05) is 11.6 Å². The normalized spacial score (nSPS) is 23.4. The van der Waals surface area contributed by atoms with Crippen LogP contribution in [-0.2, 0) is 9.53 Å². The van der Waals surface area contributed by atoms with Crippen molar-refractivity contribution in [2.45, 2.75) is 13.0 Å². The molecule has 2 aliphatic rings. The fourth-order valence-corrected chi connectivity index (χ4v) is 3.82. The number of halogens is 1. The number of hydrogen-bond acceptors (Lipinski definition) is 5. The lowest BCUT2D eigenvalue weighted by Gasteiger charge is -2.30. The molecule has 2 fully saturated rings. The van der Waals surface area contributed by atoms with Crippen molar-refractivity contribution >= 4 is 23.5 Å². The maximum atomic E-state index is 13.1. The maximum Gasteiger partial charge on any atom is 0.317 e. The molecular formula is C18H23ClN2O5. The highest BCUT2D eigenvalue weighted by molar-refractivity contribution is 6.32. The number of carbonyl (C=O) groups excluding carboxylic acids is 1. The van der Waals surface area contributed by atoms with Gasteiger partial charge < -0.3 is 19.5 Å². The van der Waals surface area contributed by atoms with Crippen molar-refractivity contribution in [1.82, 2.24) is 9.80 Å². The van der Waals surface area contributed by atoms with E-state index in [-0.39, 0.29) is 24.4 Å². The van der Waals surface area contributed by atoms with Crippen LogP contribution in [0.3, 0.4) is 0 Å². The largest absolute Gasteiger partial charge is 0.492 e. The van der Waals surface area contributed by atoms with Crippen molar-refractivity contribution in [3.05, 3.63) is 28.8 Å². The number of carbonyl (C=O) groups is 2. The molecule has 26 heavy (non-hydrogen) atoms. The van der Waals surface area contributed by atoms with E-state index in [9.17, 15) is 9.59 Å². The smallest absolute Gasteiger partial charge is 0.317 e. The zero-order valence-corrected chi connectivity index (χ0v) is 15.4. The summed E-state index contributed by atoms with van der Waals surface area (Å²) in [5.41, 5.74) is 0.496. The highest BCUT2D eigenvalue weighted by Gasteiger charge is 2.36. The van der Waals surface area contributed by atoms with E-state index in [0.29, 0.717) is 55.8 Å². The van der Waals surface area contributed by atoms with Crippen LogP contribution in [0.4, 0.5) is 0 Å². The SMILES string of the molecule is CCOc1ccc(C(=O)N2C[C@H]3COC[C@@H]2CN(CC(=O)O)C3)cc1Cl. The van der Waals surface area contributed by atoms with E-state index in [2.05, 4.69) is 0 Å². The molecule has 1 amide bonds. The third-order valence-electron chi connectivity index (χ3n) is 4.64. The molecule has 0 saturated carbocycles. The summed E-state index contributed by atoms with van der Waals surface area (Å²) in [4.78, 5) is 27.8. The van der Waals surface area contributed by atoms with Crippen LogP contribution in [-0.4, -0.2) is 78.8 Å². The molecule has 1 N–H and O–H groups in total. The first-order chi connectivity index (χ1) is 12.5. The number of ether oxygens (including phenoxy) is 2. The quantitative estimate of drug-likeness (QED) is 0.833. The summed E-state index contributed by atoms with van der Waals surface area (Å²) < 4.78 is 11.1. The fourth-order valence-electron chi connectivity index (χ4n) is 3.58. The van der Waals surface area contributed by atoms with Crippen molar-refractivity contribution in [1.29, 1.82) is 0 Å². The van der Waals surface area contributed by atoms with E-state index >= 15 is 0 Å². The molecule has 142 valence electrons. The van der Waals surface area contributed by atoms with Gasteiger partial charge in [-0.05, 0) is 25.1 Å². The Bertz CT molecular complexity index is 684. The predicted octanol–water partition coefficient (Wildman–Crippen LogP) is 1.60. The minimum absolute atomic E-state index is 0.0239. The summed E-state index contributed by atoms with van der Waals surface area (Å²) in [5.74, 6) is -0.338. The summed E-state index contributed by atoms with van der Waals surface area (Å²) in [6.07, 6.45) is 0. The second kappa shape index (κ2) is 8.24. The van der Waals surface area contributed by atoms with Gasteiger partial charge in [0.05, 0.1) is 37.4 Å². The standard InChI is InChI=1S/C18H23ClN2O5/c1-2-26-16-4-3-13(5-15(16)19)18(24)21-7-12-6-20(9-17(22)23)8-14(21)11-25-10-12/h3-5,12,14H,2,6-11H2,1H3,(H,22,23)/t12-,14-/m0/s1. The number of fused-ring (bicyclic) bond motifs is 3. The monoisotopic (exact) mass is 382 g/mol. The van der Waals surface area contributed by atoms with E-state index in [1.807, 2.05) is 11.8 Å². The minimum atomic E-state index is -0.859. The second-order valence-corrected chi connectivity index (χ2v) is 7.09. The first-order valence-electron chi connectivity index (χ1n) is 8.73. The Morgan fingerprint density at radius 3 is 2.81 bits per heavy atom. The third kappa shape index (κ3) is 4.28. The predicted molar refractivity (Wildman–Crippen MR) is 95.8 cm³/mol. The Labute approximate surface area is 157 Å². The number of nitrogens with zero attached hydrogens (tertiary/aromatic N) is 2. The molecule has 2 bridgehead atoms. The Hall–Kier alpha value is -1.83. The van der Waals surface area contributed by atoms with E-state index < -0.39 is 5.97 Å². The summed E-state index contributed by atoms with van der Waals surface area (Å²) in [7, 11) is 0. The van der Waals surface area contributed by atoms with Crippen LogP contribution in [0.1, 0.15) is 17.3 Å². The van der Waals surface area contributed by atoms with Crippen LogP contribution in [0.15, 0.2) is 18.2 Å². The van der Waals surface area contributed by atoms with Gasteiger partial charge in [-0.2, -0.15) is 0 Å². The molecule has 0 spiro atoms. The maximum absolute atomic E-state index is 13.1. The topological polar surface area (TPSA) is 79.3 Å². The molecule has 0 aliphatic carbocycles. The van der Waals surface area contributed by atoms with E-state index in [1.54, 1.807) is 23.1 Å². The molecule has 0 aromatic heterocycles. The van der Waals surface area contributed by atoms with Gasteiger partial charge in [0.15, 0.2) is 0 Å². The molecule has 2 heterocycles. The van der Waals surface area contributed by atoms with Gasteiger partial charge in [-0.25, -0.2) is 0 Å². The van der Waals surface area contributed by atoms with Crippen molar-refractivity contribution in [2.24, 2.45) is 5.92 Å². The molecule has 2 saturated heterocycles. The number of benzene rings is 1. The lowest BCUT2D eigenvalue weighted by atomic mass is 10.1. The molecule has 0 unspecified atom stereocenters. The van der Waals surface area contributed by atoms with Crippen LogP contribution in [0.25, 0.3) is 0 Å². The van der Waals surface area contributed by atoms with Gasteiger partial charge in [-0.3, -0.25) is 14.5 Å². The molecule has 2 aliphatic heterocycles. The van der Waals surface area contributed by atoms with Gasteiger partial charge in [0.25, 0.3) is 5.91 Å². The zero-order valence-electron chi connectivity index (χ0n) is 14.7. The molecule has 0 radical (unpaired) electrons. The van der Waals surface area contributed by atoms with Gasteiger partial charge in [0.1, 0.15) is 5.75 Å². The molecule has 1 aromatic rings. The van der Waals surface area contributed by atoms with Crippen molar-refractivity contribution in [3.63, 3.8) is 0 Å². The van der Waals surface area contributed by atoms with E-state index in [1.165, 1.54) is 0 Å². The van der Waals surface area contributed by atoms with Crippen LogP contribution < -0.4 is 4.74 Å². The molecule has 3 rings (SSSR count). The highest BCUT2D eigenvalue weighted by Crippen LogP contribution is 2.28. The Balaban J connectivity index is 1.80. The number of carboxylic acid groups (broad SMARTS) is 1. The summed E-state index contributed by atoms with van der Waals surface area (Å²) in [6, 6.07) is 4.86. The Morgan fingerprint density at radius 2 is 2.12 bits per heavy atom. The molecule has 2 atom stereocenters. The molecule has 8 heteroatoms.